The van der Waals surface area contributed by atoms with E-state index in [4.69, 9.17) is 0 Å². The van der Waals surface area contributed by atoms with E-state index >= 15 is 0 Å². The normalized spacial score (nSPS) is 14.1. The van der Waals surface area contributed by atoms with Gasteiger partial charge in [0.25, 0.3) is 0 Å². The number of thioether (sulfide) groups is 1. The van der Waals surface area contributed by atoms with Crippen molar-refractivity contribution in [1.29, 1.82) is 0 Å². The Hall–Kier alpha value is -0.540. The fraction of sp³-hybridized carbons (Fsp3) is 0.545. The number of nitrogens with zero attached hydrogens (tertiary/aromatic N) is 1. The molecule has 0 aliphatic carbocycles. The van der Waals surface area contributed by atoms with E-state index in [-0.39, 0.29) is 4.75 Å². The van der Waals surface area contributed by atoms with Gasteiger partial charge in [-0.25, -0.2) is 4.98 Å². The number of aromatic nitrogens is 1. The number of aliphatic hydroxyl groups is 1. The average Bonchev–Trinajstić information content (AvgIpc) is 2.01. The maximum Gasteiger partial charge on any atom is 0.102 e. The van der Waals surface area contributed by atoms with Crippen LogP contribution in [0.3, 0.4) is 0 Å². The van der Waals surface area contributed by atoms with Gasteiger partial charge in [-0.3, -0.25) is 0 Å². The summed E-state index contributed by atoms with van der Waals surface area (Å²) < 4.78 is 0.123. The van der Waals surface area contributed by atoms with Gasteiger partial charge in [0, 0.05) is 16.5 Å². The second kappa shape index (κ2) is 4.32. The van der Waals surface area contributed by atoms with Gasteiger partial charge >= 0.3 is 0 Å². The predicted octanol–water partition coefficient (Wildman–Crippen LogP) is 3.03. The van der Waals surface area contributed by atoms with E-state index in [1.54, 1.807) is 24.9 Å². The van der Waals surface area contributed by atoms with Gasteiger partial charge in [0.2, 0.25) is 0 Å². The highest BCUT2D eigenvalue weighted by Gasteiger charge is 2.17. The first-order valence-electron chi connectivity index (χ1n) is 4.72. The standard InChI is InChI=1S/C11H17NOS/c1-8(13)9-6-5-7-12-10(9)14-11(2,3)4/h5-8,13H,1-4H3/t8-/m0/s1. The molecule has 0 radical (unpaired) electrons. The molecular weight excluding hydrogens is 194 g/mol. The molecule has 1 heterocycles. The smallest absolute Gasteiger partial charge is 0.102 e. The average molecular weight is 211 g/mol. The van der Waals surface area contributed by atoms with Gasteiger partial charge in [-0.05, 0) is 13.0 Å². The van der Waals surface area contributed by atoms with Crippen LogP contribution in [0.2, 0.25) is 0 Å². The Morgan fingerprint density at radius 1 is 1.43 bits per heavy atom. The lowest BCUT2D eigenvalue weighted by Crippen LogP contribution is -2.09. The van der Waals surface area contributed by atoms with Crippen LogP contribution in [-0.4, -0.2) is 14.8 Å². The first-order valence-corrected chi connectivity index (χ1v) is 5.54. The van der Waals surface area contributed by atoms with Gasteiger partial charge in [0.15, 0.2) is 0 Å². The van der Waals surface area contributed by atoms with Crippen LogP contribution in [0.25, 0.3) is 0 Å². The fourth-order valence-electron chi connectivity index (χ4n) is 1.10. The van der Waals surface area contributed by atoms with Crippen molar-refractivity contribution in [1.82, 2.24) is 4.98 Å². The highest BCUT2D eigenvalue weighted by Crippen LogP contribution is 2.34. The van der Waals surface area contributed by atoms with E-state index in [1.165, 1.54) is 0 Å². The molecule has 1 aromatic rings. The molecular formula is C11H17NOS. The van der Waals surface area contributed by atoms with Crippen LogP contribution >= 0.6 is 11.8 Å². The van der Waals surface area contributed by atoms with Crippen molar-refractivity contribution in [2.45, 2.75) is 43.6 Å². The van der Waals surface area contributed by atoms with Gasteiger partial charge in [-0.1, -0.05) is 26.8 Å². The van der Waals surface area contributed by atoms with Gasteiger partial charge in [0.1, 0.15) is 5.03 Å². The summed E-state index contributed by atoms with van der Waals surface area (Å²) in [4.78, 5) is 4.29. The lowest BCUT2D eigenvalue weighted by Gasteiger charge is -2.19. The third-order valence-corrected chi connectivity index (χ3v) is 2.80. The quantitative estimate of drug-likeness (QED) is 0.763. The van der Waals surface area contributed by atoms with E-state index in [0.29, 0.717) is 0 Å². The molecule has 14 heavy (non-hydrogen) atoms. The summed E-state index contributed by atoms with van der Waals surface area (Å²) >= 11 is 1.68. The van der Waals surface area contributed by atoms with E-state index < -0.39 is 6.10 Å². The van der Waals surface area contributed by atoms with E-state index in [9.17, 15) is 5.11 Å². The molecule has 78 valence electrons. The van der Waals surface area contributed by atoms with Crippen molar-refractivity contribution in [3.8, 4) is 0 Å². The molecule has 0 aromatic carbocycles. The Morgan fingerprint density at radius 3 is 2.57 bits per heavy atom. The van der Waals surface area contributed by atoms with Crippen LogP contribution in [0, 0.1) is 0 Å². The van der Waals surface area contributed by atoms with Crippen molar-refractivity contribution >= 4 is 11.8 Å². The van der Waals surface area contributed by atoms with E-state index in [1.807, 2.05) is 12.1 Å². The van der Waals surface area contributed by atoms with Crippen molar-refractivity contribution < 1.29 is 5.11 Å². The summed E-state index contributed by atoms with van der Waals surface area (Å²) in [6.45, 7) is 8.18. The summed E-state index contributed by atoms with van der Waals surface area (Å²) in [7, 11) is 0. The van der Waals surface area contributed by atoms with Crippen LogP contribution in [0.5, 0.6) is 0 Å². The third kappa shape index (κ3) is 3.31. The molecule has 1 atom stereocenters. The lowest BCUT2D eigenvalue weighted by molar-refractivity contribution is 0.195. The predicted molar refractivity (Wildman–Crippen MR) is 60.5 cm³/mol. The zero-order chi connectivity index (χ0) is 10.8. The molecule has 0 aliphatic heterocycles. The molecule has 1 N–H and O–H groups in total. The van der Waals surface area contributed by atoms with Gasteiger partial charge in [0.05, 0.1) is 6.10 Å². The number of rotatable bonds is 2. The van der Waals surface area contributed by atoms with E-state index in [2.05, 4.69) is 25.8 Å². The van der Waals surface area contributed by atoms with Crippen LogP contribution < -0.4 is 0 Å². The summed E-state index contributed by atoms with van der Waals surface area (Å²) in [5.41, 5.74) is 0.910. The van der Waals surface area contributed by atoms with Gasteiger partial charge in [-0.15, -0.1) is 11.8 Å². The number of hydrogen-bond acceptors (Lipinski definition) is 3. The highest BCUT2D eigenvalue weighted by atomic mass is 32.2. The molecule has 1 aromatic heterocycles. The summed E-state index contributed by atoms with van der Waals surface area (Å²) in [6, 6.07) is 3.78. The largest absolute Gasteiger partial charge is 0.389 e. The van der Waals surface area contributed by atoms with Crippen LogP contribution in [0.15, 0.2) is 23.4 Å². The Bertz CT molecular complexity index is 304. The molecule has 0 spiro atoms. The molecule has 3 heteroatoms. The summed E-state index contributed by atoms with van der Waals surface area (Å²) in [5.74, 6) is 0. The molecule has 1 rings (SSSR count). The molecule has 0 saturated heterocycles. The third-order valence-electron chi connectivity index (χ3n) is 1.65. The Kier molecular flexibility index (Phi) is 3.56. The number of hydrogen-bond donors (Lipinski definition) is 1. The van der Waals surface area contributed by atoms with Crippen LogP contribution in [0.1, 0.15) is 39.4 Å². The number of pyridine rings is 1. The van der Waals surface area contributed by atoms with Crippen molar-refractivity contribution in [3.05, 3.63) is 23.9 Å². The molecule has 0 amide bonds. The van der Waals surface area contributed by atoms with Crippen molar-refractivity contribution in [2.24, 2.45) is 0 Å². The summed E-state index contributed by atoms with van der Waals surface area (Å²) in [5, 5.41) is 10.5. The second-order valence-corrected chi connectivity index (χ2v) is 6.10. The van der Waals surface area contributed by atoms with Crippen molar-refractivity contribution in [3.63, 3.8) is 0 Å². The molecule has 0 saturated carbocycles. The monoisotopic (exact) mass is 211 g/mol. The highest BCUT2D eigenvalue weighted by molar-refractivity contribution is 8.00. The zero-order valence-corrected chi connectivity index (χ0v) is 9.93. The molecule has 0 unspecified atom stereocenters. The minimum atomic E-state index is -0.450. The Labute approximate surface area is 89.8 Å². The Balaban J connectivity index is 2.96. The maximum atomic E-state index is 9.55. The Morgan fingerprint density at radius 2 is 2.07 bits per heavy atom. The number of aliphatic hydroxyl groups excluding tert-OH is 1. The lowest BCUT2D eigenvalue weighted by atomic mass is 10.2. The van der Waals surface area contributed by atoms with Gasteiger partial charge in [-0.2, -0.15) is 0 Å². The zero-order valence-electron chi connectivity index (χ0n) is 9.11. The first kappa shape index (κ1) is 11.5. The molecule has 0 aliphatic rings. The second-order valence-electron chi connectivity index (χ2n) is 4.29. The maximum absolute atomic E-state index is 9.55. The van der Waals surface area contributed by atoms with Crippen LogP contribution in [0.4, 0.5) is 0 Å². The summed E-state index contributed by atoms with van der Waals surface area (Å²) in [6.07, 6.45) is 1.31. The first-order chi connectivity index (χ1) is 6.40. The molecule has 0 fully saturated rings. The van der Waals surface area contributed by atoms with Crippen LogP contribution in [-0.2, 0) is 0 Å². The SMILES string of the molecule is C[C@H](O)c1cccnc1SC(C)(C)C. The van der Waals surface area contributed by atoms with Gasteiger partial charge < -0.3 is 5.11 Å². The minimum Gasteiger partial charge on any atom is -0.389 e. The fourth-order valence-corrected chi connectivity index (χ4v) is 2.15. The van der Waals surface area contributed by atoms with E-state index in [0.717, 1.165) is 10.6 Å². The minimum absolute atomic E-state index is 0.123. The molecule has 0 bridgehead atoms. The topological polar surface area (TPSA) is 33.1 Å². The van der Waals surface area contributed by atoms with Crippen molar-refractivity contribution in [2.75, 3.05) is 0 Å². The molecule has 2 nitrogen and oxygen atoms in total.